The Labute approximate surface area is 254 Å². The monoisotopic (exact) mass is 621 g/mol. The molecular weight excluding hydrogens is 600 g/mol. The second-order valence-corrected chi connectivity index (χ2v) is 8.68. The first-order valence-electron chi connectivity index (χ1n) is 11.5. The van der Waals surface area contributed by atoms with Crippen LogP contribution in [0, 0.1) is 0 Å². The molecule has 0 unspecified atom stereocenters. The summed E-state index contributed by atoms with van der Waals surface area (Å²) in [5.74, 6) is -1.97. The molecule has 0 bridgehead atoms. The van der Waals surface area contributed by atoms with Crippen molar-refractivity contribution < 1.29 is 59.3 Å². The molecule has 1 aromatic heterocycles. The van der Waals surface area contributed by atoms with Gasteiger partial charge in [-0.2, -0.15) is 39.5 Å². The number of phenols is 1. The zero-order chi connectivity index (χ0) is 30.6. The third kappa shape index (κ3) is 9.94. The number of hydrogen-bond acceptors (Lipinski definition) is 6. The minimum atomic E-state index is -5.14. The molecule has 0 fully saturated rings. The summed E-state index contributed by atoms with van der Waals surface area (Å²) in [6, 6.07) is 2.76. The Morgan fingerprint density at radius 1 is 0.810 bits per heavy atom. The summed E-state index contributed by atoms with van der Waals surface area (Å²) < 4.78 is 125. The van der Waals surface area contributed by atoms with Gasteiger partial charge in [0.1, 0.15) is 5.75 Å². The van der Waals surface area contributed by atoms with Crippen LogP contribution in [-0.2, 0) is 36.4 Å². The van der Waals surface area contributed by atoms with Gasteiger partial charge in [-0.05, 0) is 48.4 Å². The number of hydrogen-bond donors (Lipinski definition) is 2. The van der Waals surface area contributed by atoms with Crippen LogP contribution in [0.5, 0.6) is 11.5 Å². The number of carboxylic acids is 1. The van der Waals surface area contributed by atoms with Gasteiger partial charge in [0.05, 0.1) is 35.7 Å². The molecule has 0 aliphatic carbocycles. The van der Waals surface area contributed by atoms with Gasteiger partial charge in [0.2, 0.25) is 5.95 Å². The standard InChI is InChI=1S/C25H20F9N3O4.Na.H/c26-23(27,28)16-3-4-20(38)15(8-16)13-37(22-35-10-19(11-36-22)41-5-1-2-21(39)40)12-14-6-17(24(29,30)31)9-18(7-14)25(32,33)34;;/h3-4,6-11,38H,1-2,5,12-13H2,(H,39,40);;. The maximum absolute atomic E-state index is 13.4. The van der Waals surface area contributed by atoms with Crippen molar-refractivity contribution in [2.24, 2.45) is 0 Å². The van der Waals surface area contributed by atoms with Crippen LogP contribution in [0.2, 0.25) is 0 Å². The average molecular weight is 621 g/mol. The Bertz CT molecular complexity index is 1330. The van der Waals surface area contributed by atoms with Crippen molar-refractivity contribution in [3.05, 3.63) is 76.6 Å². The van der Waals surface area contributed by atoms with E-state index in [9.17, 15) is 49.4 Å². The van der Waals surface area contributed by atoms with E-state index >= 15 is 0 Å². The van der Waals surface area contributed by atoms with Gasteiger partial charge < -0.3 is 19.8 Å². The molecule has 0 saturated heterocycles. The number of aromatic hydroxyl groups is 1. The van der Waals surface area contributed by atoms with Crippen LogP contribution < -0.4 is 9.64 Å². The first kappa shape index (κ1) is 35.0. The molecule has 0 aliphatic heterocycles. The Balaban J connectivity index is 0.00000616. The van der Waals surface area contributed by atoms with E-state index in [2.05, 4.69) is 9.97 Å². The Morgan fingerprint density at radius 3 is 1.86 bits per heavy atom. The molecule has 1 heterocycles. The number of carbonyl (C=O) groups is 1. The molecule has 0 saturated carbocycles. The zero-order valence-electron chi connectivity index (χ0n) is 20.6. The van der Waals surface area contributed by atoms with Gasteiger partial charge in [-0.25, -0.2) is 9.97 Å². The molecule has 0 atom stereocenters. The molecular formula is C25H21F9N3NaO4. The Hall–Kier alpha value is -3.24. The normalized spacial score (nSPS) is 12.0. The van der Waals surface area contributed by atoms with E-state index < -0.39 is 65.6 Å². The Morgan fingerprint density at radius 2 is 1.36 bits per heavy atom. The van der Waals surface area contributed by atoms with Crippen molar-refractivity contribution in [2.75, 3.05) is 11.5 Å². The summed E-state index contributed by atoms with van der Waals surface area (Å²) in [6.45, 7) is -1.42. The molecule has 17 heteroatoms. The molecule has 0 radical (unpaired) electrons. The van der Waals surface area contributed by atoms with Crippen molar-refractivity contribution in [3.8, 4) is 11.5 Å². The predicted molar refractivity (Wildman–Crippen MR) is 131 cm³/mol. The van der Waals surface area contributed by atoms with Crippen LogP contribution in [0.15, 0.2) is 48.8 Å². The third-order valence-electron chi connectivity index (χ3n) is 5.49. The number of ether oxygens (including phenoxy) is 1. The van der Waals surface area contributed by atoms with Gasteiger partial charge in [0.15, 0.2) is 5.75 Å². The first-order chi connectivity index (χ1) is 18.9. The molecule has 0 amide bonds. The summed E-state index contributed by atoms with van der Waals surface area (Å²) in [4.78, 5) is 19.5. The number of halogens is 9. The number of benzene rings is 2. The summed E-state index contributed by atoms with van der Waals surface area (Å²) in [5.41, 5.74) is -5.24. The van der Waals surface area contributed by atoms with Crippen LogP contribution >= 0.6 is 0 Å². The molecule has 0 spiro atoms. The van der Waals surface area contributed by atoms with Crippen LogP contribution in [0.1, 0.15) is 40.7 Å². The van der Waals surface area contributed by atoms with E-state index in [0.29, 0.717) is 24.3 Å². The molecule has 3 aromatic rings. The maximum atomic E-state index is 13.4. The van der Waals surface area contributed by atoms with E-state index in [0.717, 1.165) is 23.4 Å². The molecule has 0 aliphatic rings. The minimum absolute atomic E-state index is 0. The van der Waals surface area contributed by atoms with Crippen molar-refractivity contribution in [3.63, 3.8) is 0 Å². The number of anilines is 1. The second-order valence-electron chi connectivity index (χ2n) is 8.68. The van der Waals surface area contributed by atoms with Gasteiger partial charge in [0, 0.05) is 25.1 Å². The zero-order valence-corrected chi connectivity index (χ0v) is 20.6. The van der Waals surface area contributed by atoms with Gasteiger partial charge >= 0.3 is 54.1 Å². The summed E-state index contributed by atoms with van der Waals surface area (Å²) in [7, 11) is 0. The molecule has 3 rings (SSSR count). The van der Waals surface area contributed by atoms with Gasteiger partial charge in [0.25, 0.3) is 0 Å². The van der Waals surface area contributed by atoms with Gasteiger partial charge in [-0.15, -0.1) is 0 Å². The van der Waals surface area contributed by atoms with Gasteiger partial charge in [-0.3, -0.25) is 4.79 Å². The van der Waals surface area contributed by atoms with E-state index in [1.807, 2.05) is 0 Å². The fraction of sp³-hybridized carbons (Fsp3) is 0.320. The molecule has 224 valence electrons. The van der Waals surface area contributed by atoms with E-state index in [4.69, 9.17) is 9.84 Å². The topological polar surface area (TPSA) is 95.8 Å². The number of carboxylic acid groups (broad SMARTS) is 1. The number of aromatic nitrogens is 2. The van der Waals surface area contributed by atoms with Crippen LogP contribution in [-0.4, -0.2) is 62.3 Å². The SMILES string of the molecule is O=C(O)CCCOc1cnc(N(Cc2cc(C(F)(F)F)cc(C(F)(F)F)c2)Cc2cc(C(F)(F)F)ccc2O)nc1.[NaH]. The predicted octanol–water partition coefficient (Wildman–Crippen LogP) is 6.04. The molecule has 42 heavy (non-hydrogen) atoms. The van der Waals surface area contributed by atoms with Crippen molar-refractivity contribution in [1.29, 1.82) is 0 Å². The number of rotatable bonds is 10. The quantitative estimate of drug-likeness (QED) is 0.162. The number of alkyl halides is 9. The molecule has 2 N–H and O–H groups in total. The van der Waals surface area contributed by atoms with Gasteiger partial charge in [-0.1, -0.05) is 0 Å². The number of nitrogens with zero attached hydrogens (tertiary/aromatic N) is 3. The van der Waals surface area contributed by atoms with E-state index in [1.54, 1.807) is 0 Å². The molecule has 7 nitrogen and oxygen atoms in total. The van der Waals surface area contributed by atoms with Crippen molar-refractivity contribution >= 4 is 41.5 Å². The summed E-state index contributed by atoms with van der Waals surface area (Å²) in [5, 5.41) is 18.8. The number of aliphatic carboxylic acids is 1. The van der Waals surface area contributed by atoms with Crippen molar-refractivity contribution in [2.45, 2.75) is 44.5 Å². The van der Waals surface area contributed by atoms with E-state index in [-0.39, 0.29) is 72.3 Å². The molecule has 2 aromatic carbocycles. The van der Waals surface area contributed by atoms with E-state index in [1.165, 1.54) is 0 Å². The van der Waals surface area contributed by atoms with Crippen LogP contribution in [0.3, 0.4) is 0 Å². The fourth-order valence-corrected chi connectivity index (χ4v) is 3.58. The first-order valence-corrected chi connectivity index (χ1v) is 11.5. The second kappa shape index (κ2) is 13.8. The average Bonchev–Trinajstić information content (AvgIpc) is 2.86. The Kier molecular flexibility index (Phi) is 11.5. The van der Waals surface area contributed by atoms with Crippen LogP contribution in [0.4, 0.5) is 45.5 Å². The van der Waals surface area contributed by atoms with Crippen LogP contribution in [0.25, 0.3) is 0 Å². The summed E-state index contributed by atoms with van der Waals surface area (Å²) in [6.07, 6.45) is -13.0. The fourth-order valence-electron chi connectivity index (χ4n) is 3.58. The number of phenolic OH excluding ortho intramolecular Hbond substituents is 1. The summed E-state index contributed by atoms with van der Waals surface area (Å²) >= 11 is 0. The van der Waals surface area contributed by atoms with Crippen molar-refractivity contribution in [1.82, 2.24) is 9.97 Å². The third-order valence-corrected chi connectivity index (χ3v) is 5.49.